The van der Waals surface area contributed by atoms with E-state index in [1.165, 1.54) is 10.9 Å². The van der Waals surface area contributed by atoms with Gasteiger partial charge in [-0.3, -0.25) is 0 Å². The molecular formula is C13H13BrFNS. The number of aryl methyl sites for hydroxylation is 1. The minimum atomic E-state index is -0.143. The highest BCUT2D eigenvalue weighted by Crippen LogP contribution is 2.21. The van der Waals surface area contributed by atoms with Crippen molar-refractivity contribution < 1.29 is 4.39 Å². The third-order valence-electron chi connectivity index (χ3n) is 2.48. The zero-order chi connectivity index (χ0) is 12.3. The van der Waals surface area contributed by atoms with E-state index in [1.54, 1.807) is 18.3 Å². The largest absolute Gasteiger partial charge is 0.308 e. The highest BCUT2D eigenvalue weighted by Gasteiger charge is 2.00. The summed E-state index contributed by atoms with van der Waals surface area (Å²) in [5.41, 5.74) is 1.81. The third kappa shape index (κ3) is 3.63. The Balaban J connectivity index is 1.87. The van der Waals surface area contributed by atoms with Crippen molar-refractivity contribution in [3.8, 4) is 0 Å². The molecule has 0 aliphatic carbocycles. The average molecular weight is 314 g/mol. The van der Waals surface area contributed by atoms with Gasteiger partial charge in [0, 0.05) is 18.0 Å². The van der Waals surface area contributed by atoms with Crippen LogP contribution in [0.15, 0.2) is 34.1 Å². The van der Waals surface area contributed by atoms with Gasteiger partial charge < -0.3 is 5.32 Å². The van der Waals surface area contributed by atoms with Gasteiger partial charge in [0.2, 0.25) is 0 Å². The summed E-state index contributed by atoms with van der Waals surface area (Å²) in [6.07, 6.45) is 0. The van der Waals surface area contributed by atoms with Gasteiger partial charge in [-0.15, -0.1) is 11.3 Å². The van der Waals surface area contributed by atoms with E-state index in [2.05, 4.69) is 27.3 Å². The van der Waals surface area contributed by atoms with Gasteiger partial charge in [0.05, 0.1) is 3.79 Å². The molecule has 0 saturated carbocycles. The minimum absolute atomic E-state index is 0.143. The molecule has 2 aromatic rings. The Labute approximate surface area is 113 Å². The number of halogens is 2. The standard InChI is InChI=1S/C13H13BrFNS/c1-9-6-10(2-4-12(9)15)7-16-8-11-3-5-13(14)17-11/h2-6,16H,7-8H2,1H3. The topological polar surface area (TPSA) is 12.0 Å². The normalized spacial score (nSPS) is 10.8. The first-order chi connectivity index (χ1) is 8.15. The summed E-state index contributed by atoms with van der Waals surface area (Å²) < 4.78 is 14.2. The van der Waals surface area contributed by atoms with Crippen molar-refractivity contribution in [2.45, 2.75) is 20.0 Å². The molecule has 1 aromatic heterocycles. The van der Waals surface area contributed by atoms with Gasteiger partial charge in [-0.25, -0.2) is 4.39 Å². The second-order valence-corrected chi connectivity index (χ2v) is 6.44. The van der Waals surface area contributed by atoms with Crippen LogP contribution in [0, 0.1) is 12.7 Å². The fourth-order valence-corrected chi connectivity index (χ4v) is 3.05. The molecule has 90 valence electrons. The van der Waals surface area contributed by atoms with Crippen LogP contribution < -0.4 is 5.32 Å². The van der Waals surface area contributed by atoms with E-state index in [0.717, 1.165) is 22.4 Å². The Morgan fingerprint density at radius 1 is 1.24 bits per heavy atom. The zero-order valence-electron chi connectivity index (χ0n) is 9.47. The van der Waals surface area contributed by atoms with E-state index in [4.69, 9.17) is 0 Å². The van der Waals surface area contributed by atoms with Crippen LogP contribution in [-0.4, -0.2) is 0 Å². The number of nitrogens with one attached hydrogen (secondary N) is 1. The molecule has 17 heavy (non-hydrogen) atoms. The molecule has 0 bridgehead atoms. The van der Waals surface area contributed by atoms with Crippen molar-refractivity contribution in [3.63, 3.8) is 0 Å². The number of thiophene rings is 1. The minimum Gasteiger partial charge on any atom is -0.308 e. The van der Waals surface area contributed by atoms with Crippen LogP contribution in [-0.2, 0) is 13.1 Å². The molecular weight excluding hydrogens is 301 g/mol. The van der Waals surface area contributed by atoms with Crippen molar-refractivity contribution in [2.75, 3.05) is 0 Å². The van der Waals surface area contributed by atoms with Crippen molar-refractivity contribution in [1.29, 1.82) is 0 Å². The Bertz CT molecular complexity index is 510. The summed E-state index contributed by atoms with van der Waals surface area (Å²) in [5, 5.41) is 3.35. The van der Waals surface area contributed by atoms with Gasteiger partial charge in [-0.2, -0.15) is 0 Å². The Morgan fingerprint density at radius 2 is 2.06 bits per heavy atom. The second-order valence-electron chi connectivity index (χ2n) is 3.89. The van der Waals surface area contributed by atoms with Crippen molar-refractivity contribution in [3.05, 3.63) is 55.9 Å². The lowest BCUT2D eigenvalue weighted by atomic mass is 10.1. The fraction of sp³-hybridized carbons (Fsp3) is 0.231. The quantitative estimate of drug-likeness (QED) is 0.890. The number of rotatable bonds is 4. The van der Waals surface area contributed by atoms with E-state index in [9.17, 15) is 4.39 Å². The Kier molecular flexibility index (Phi) is 4.31. The first-order valence-electron chi connectivity index (χ1n) is 5.35. The van der Waals surface area contributed by atoms with E-state index in [-0.39, 0.29) is 5.82 Å². The second kappa shape index (κ2) is 5.76. The average Bonchev–Trinajstić information content (AvgIpc) is 2.70. The first kappa shape index (κ1) is 12.7. The van der Waals surface area contributed by atoms with E-state index < -0.39 is 0 Å². The summed E-state index contributed by atoms with van der Waals surface area (Å²) in [6, 6.07) is 9.36. The van der Waals surface area contributed by atoms with Crippen molar-refractivity contribution >= 4 is 27.3 Å². The molecule has 1 aromatic carbocycles. The maximum absolute atomic E-state index is 13.1. The summed E-state index contributed by atoms with van der Waals surface area (Å²) in [6.45, 7) is 3.39. The summed E-state index contributed by atoms with van der Waals surface area (Å²) >= 11 is 5.16. The molecule has 0 atom stereocenters. The van der Waals surface area contributed by atoms with Gasteiger partial charge in [0.1, 0.15) is 5.82 Å². The molecule has 2 rings (SSSR count). The van der Waals surface area contributed by atoms with Crippen LogP contribution in [0.2, 0.25) is 0 Å². The highest BCUT2D eigenvalue weighted by molar-refractivity contribution is 9.11. The van der Waals surface area contributed by atoms with Gasteiger partial charge in [-0.05, 0) is 52.2 Å². The lowest BCUT2D eigenvalue weighted by Gasteiger charge is -2.05. The zero-order valence-corrected chi connectivity index (χ0v) is 11.9. The molecule has 0 amide bonds. The Hall–Kier alpha value is -0.710. The van der Waals surface area contributed by atoms with Gasteiger partial charge in [0.15, 0.2) is 0 Å². The summed E-state index contributed by atoms with van der Waals surface area (Å²) in [5.74, 6) is -0.143. The van der Waals surface area contributed by atoms with Crippen LogP contribution in [0.1, 0.15) is 16.0 Å². The molecule has 0 aliphatic heterocycles. The van der Waals surface area contributed by atoms with Crippen LogP contribution >= 0.6 is 27.3 Å². The molecule has 0 unspecified atom stereocenters. The number of hydrogen-bond acceptors (Lipinski definition) is 2. The Morgan fingerprint density at radius 3 is 2.71 bits per heavy atom. The predicted molar refractivity (Wildman–Crippen MR) is 73.7 cm³/mol. The monoisotopic (exact) mass is 313 g/mol. The molecule has 1 heterocycles. The fourth-order valence-electron chi connectivity index (χ4n) is 1.59. The molecule has 1 N–H and O–H groups in total. The molecule has 0 spiro atoms. The van der Waals surface area contributed by atoms with E-state index >= 15 is 0 Å². The smallest absolute Gasteiger partial charge is 0.126 e. The molecule has 1 nitrogen and oxygen atoms in total. The lowest BCUT2D eigenvalue weighted by Crippen LogP contribution is -2.11. The SMILES string of the molecule is Cc1cc(CNCc2ccc(Br)s2)ccc1F. The van der Waals surface area contributed by atoms with E-state index in [1.807, 2.05) is 18.2 Å². The highest BCUT2D eigenvalue weighted by atomic mass is 79.9. The van der Waals surface area contributed by atoms with Gasteiger partial charge in [0.25, 0.3) is 0 Å². The van der Waals surface area contributed by atoms with Crippen LogP contribution in [0.5, 0.6) is 0 Å². The summed E-state index contributed by atoms with van der Waals surface area (Å²) in [4.78, 5) is 1.29. The maximum Gasteiger partial charge on any atom is 0.126 e. The first-order valence-corrected chi connectivity index (χ1v) is 6.96. The van der Waals surface area contributed by atoms with Gasteiger partial charge >= 0.3 is 0 Å². The number of hydrogen-bond donors (Lipinski definition) is 1. The van der Waals surface area contributed by atoms with Gasteiger partial charge in [-0.1, -0.05) is 12.1 Å². The molecule has 0 saturated heterocycles. The molecule has 0 fully saturated rings. The van der Waals surface area contributed by atoms with Crippen LogP contribution in [0.4, 0.5) is 4.39 Å². The molecule has 0 radical (unpaired) electrons. The summed E-state index contributed by atoms with van der Waals surface area (Å²) in [7, 11) is 0. The number of benzene rings is 1. The maximum atomic E-state index is 13.1. The third-order valence-corrected chi connectivity index (χ3v) is 4.10. The van der Waals surface area contributed by atoms with Crippen molar-refractivity contribution in [2.24, 2.45) is 0 Å². The predicted octanol–water partition coefficient (Wildman–Crippen LogP) is 4.25. The van der Waals surface area contributed by atoms with Crippen LogP contribution in [0.25, 0.3) is 0 Å². The lowest BCUT2D eigenvalue weighted by molar-refractivity contribution is 0.615. The molecule has 4 heteroatoms. The van der Waals surface area contributed by atoms with Crippen LogP contribution in [0.3, 0.4) is 0 Å². The van der Waals surface area contributed by atoms with Crippen molar-refractivity contribution in [1.82, 2.24) is 5.32 Å². The van der Waals surface area contributed by atoms with E-state index in [0.29, 0.717) is 5.56 Å². The molecule has 0 aliphatic rings.